The van der Waals surface area contributed by atoms with Crippen LogP contribution in [-0.2, 0) is 0 Å². The minimum atomic E-state index is -0.243. The number of carbonyl (C=O) groups is 2. The van der Waals surface area contributed by atoms with Gasteiger partial charge in [0.15, 0.2) is 0 Å². The van der Waals surface area contributed by atoms with E-state index in [-0.39, 0.29) is 17.4 Å². The van der Waals surface area contributed by atoms with Gasteiger partial charge in [0.05, 0.1) is 11.1 Å². The quantitative estimate of drug-likeness (QED) is 0.622. The number of pyridine rings is 1. The fraction of sp³-hybridized carbons (Fsp3) is 0.261. The lowest BCUT2D eigenvalue weighted by molar-refractivity contribution is 0.0535. The Labute approximate surface area is 188 Å². The Bertz CT molecular complexity index is 1170. The molecule has 1 aliphatic heterocycles. The summed E-state index contributed by atoms with van der Waals surface area (Å²) >= 11 is 3.45. The van der Waals surface area contributed by atoms with Crippen LogP contribution in [0, 0.1) is 13.8 Å². The average molecular weight is 483 g/mol. The molecule has 3 aromatic rings. The van der Waals surface area contributed by atoms with Crippen molar-refractivity contribution in [1.29, 1.82) is 0 Å². The van der Waals surface area contributed by atoms with E-state index in [1.54, 1.807) is 9.80 Å². The van der Waals surface area contributed by atoms with Gasteiger partial charge in [-0.2, -0.15) is 0 Å². The van der Waals surface area contributed by atoms with Crippen molar-refractivity contribution in [2.24, 2.45) is 0 Å². The number of nitrogens with one attached hydrogen (secondary N) is 1. The van der Waals surface area contributed by atoms with E-state index in [0.717, 1.165) is 21.5 Å². The predicted octanol–water partition coefficient (Wildman–Crippen LogP) is 3.14. The van der Waals surface area contributed by atoms with Crippen LogP contribution >= 0.6 is 15.9 Å². The van der Waals surface area contributed by atoms with Gasteiger partial charge in [-0.15, -0.1) is 0 Å². The molecule has 2 amide bonds. The summed E-state index contributed by atoms with van der Waals surface area (Å²) in [5.74, 6) is -0.163. The van der Waals surface area contributed by atoms with Crippen LogP contribution in [-0.4, -0.2) is 57.3 Å². The minimum absolute atomic E-state index is 0.0207. The zero-order chi connectivity index (χ0) is 22.1. The monoisotopic (exact) mass is 482 g/mol. The maximum absolute atomic E-state index is 13.2. The number of nitrogens with zero attached hydrogens (tertiary/aromatic N) is 3. The van der Waals surface area contributed by atoms with Gasteiger partial charge in [-0.05, 0) is 50.2 Å². The highest BCUT2D eigenvalue weighted by molar-refractivity contribution is 9.10. The van der Waals surface area contributed by atoms with E-state index in [0.29, 0.717) is 37.3 Å². The second kappa shape index (κ2) is 8.55. The number of H-pyrrole nitrogens is 1. The van der Waals surface area contributed by atoms with Gasteiger partial charge in [0, 0.05) is 60.0 Å². The SMILES string of the molecule is Cc1cc(C(=O)N2CCN(C(=O)c3ccc(=O)[nH]c3)CC2)c(C)n1-c1ccc(Br)cc1. The summed E-state index contributed by atoms with van der Waals surface area (Å²) < 4.78 is 3.08. The molecule has 1 fully saturated rings. The number of amides is 2. The molecule has 0 spiro atoms. The van der Waals surface area contributed by atoms with Crippen LogP contribution in [0.1, 0.15) is 32.1 Å². The molecule has 7 nitrogen and oxygen atoms in total. The fourth-order valence-corrected chi connectivity index (χ4v) is 4.24. The van der Waals surface area contributed by atoms with Gasteiger partial charge in [-0.25, -0.2) is 0 Å². The smallest absolute Gasteiger partial charge is 0.255 e. The first-order valence-electron chi connectivity index (χ1n) is 10.1. The van der Waals surface area contributed by atoms with Gasteiger partial charge in [-0.3, -0.25) is 14.4 Å². The van der Waals surface area contributed by atoms with Crippen LogP contribution in [0.2, 0.25) is 0 Å². The van der Waals surface area contributed by atoms with Crippen molar-refractivity contribution in [2.45, 2.75) is 13.8 Å². The van der Waals surface area contributed by atoms with Crippen molar-refractivity contribution in [3.8, 4) is 5.69 Å². The molecule has 1 aromatic carbocycles. The van der Waals surface area contributed by atoms with Crippen LogP contribution in [0.15, 0.2) is 57.9 Å². The summed E-state index contributed by atoms with van der Waals surface area (Å²) in [6, 6.07) is 12.8. The highest BCUT2D eigenvalue weighted by atomic mass is 79.9. The summed E-state index contributed by atoms with van der Waals surface area (Å²) in [5, 5.41) is 0. The molecule has 0 bridgehead atoms. The Balaban J connectivity index is 1.47. The molecule has 1 aliphatic rings. The summed E-state index contributed by atoms with van der Waals surface area (Å²) in [6.07, 6.45) is 1.43. The standard InChI is InChI=1S/C23H23BrN4O3/c1-15-13-20(16(2)28(15)19-6-4-18(24)5-7-19)23(31)27-11-9-26(10-12-27)22(30)17-3-8-21(29)25-14-17/h3-8,13-14H,9-12H2,1-2H3,(H,25,29). The van der Waals surface area contributed by atoms with Gasteiger partial charge in [0.25, 0.3) is 11.8 Å². The lowest BCUT2D eigenvalue weighted by atomic mass is 10.1. The van der Waals surface area contributed by atoms with Gasteiger partial charge in [0.2, 0.25) is 5.56 Å². The summed E-state index contributed by atoms with van der Waals surface area (Å²) in [6.45, 7) is 5.79. The van der Waals surface area contributed by atoms with Crippen LogP contribution < -0.4 is 5.56 Å². The third-order valence-corrected chi connectivity index (χ3v) is 6.16. The van der Waals surface area contributed by atoms with Crippen molar-refractivity contribution in [3.63, 3.8) is 0 Å². The van der Waals surface area contributed by atoms with Crippen LogP contribution in [0.3, 0.4) is 0 Å². The first-order valence-corrected chi connectivity index (χ1v) is 10.9. The highest BCUT2D eigenvalue weighted by Gasteiger charge is 2.27. The van der Waals surface area contributed by atoms with E-state index in [2.05, 4.69) is 25.5 Å². The number of carbonyl (C=O) groups excluding carboxylic acids is 2. The number of rotatable bonds is 3. The Morgan fingerprint density at radius 1 is 0.903 bits per heavy atom. The predicted molar refractivity (Wildman–Crippen MR) is 122 cm³/mol. The van der Waals surface area contributed by atoms with Crippen molar-refractivity contribution in [3.05, 3.63) is 86.0 Å². The molecule has 0 atom stereocenters. The highest BCUT2D eigenvalue weighted by Crippen LogP contribution is 2.24. The molecule has 8 heteroatoms. The van der Waals surface area contributed by atoms with E-state index in [9.17, 15) is 14.4 Å². The van der Waals surface area contributed by atoms with Crippen molar-refractivity contribution in [1.82, 2.24) is 19.4 Å². The maximum Gasteiger partial charge on any atom is 0.255 e. The molecule has 1 saturated heterocycles. The molecule has 2 aromatic heterocycles. The van der Waals surface area contributed by atoms with E-state index >= 15 is 0 Å². The number of piperazine rings is 1. The Hall–Kier alpha value is -3.13. The summed E-state index contributed by atoms with van der Waals surface area (Å²) in [7, 11) is 0. The van der Waals surface area contributed by atoms with Gasteiger partial charge in [-0.1, -0.05) is 15.9 Å². The first-order chi connectivity index (χ1) is 14.8. The minimum Gasteiger partial charge on any atom is -0.335 e. The number of halogens is 1. The second-order valence-electron chi connectivity index (χ2n) is 7.62. The van der Waals surface area contributed by atoms with Crippen LogP contribution in [0.4, 0.5) is 0 Å². The maximum atomic E-state index is 13.2. The van der Waals surface area contributed by atoms with Crippen molar-refractivity contribution >= 4 is 27.7 Å². The molecule has 31 heavy (non-hydrogen) atoms. The largest absolute Gasteiger partial charge is 0.335 e. The van der Waals surface area contributed by atoms with Crippen LogP contribution in [0.25, 0.3) is 5.69 Å². The van der Waals surface area contributed by atoms with E-state index < -0.39 is 0 Å². The number of hydrogen-bond donors (Lipinski definition) is 1. The second-order valence-corrected chi connectivity index (χ2v) is 8.54. The molecular formula is C23H23BrN4O3. The number of benzene rings is 1. The van der Waals surface area contributed by atoms with E-state index in [1.807, 2.05) is 44.2 Å². The van der Waals surface area contributed by atoms with Crippen molar-refractivity contribution < 1.29 is 9.59 Å². The zero-order valence-corrected chi connectivity index (χ0v) is 19.0. The third kappa shape index (κ3) is 4.20. The molecule has 160 valence electrons. The van der Waals surface area contributed by atoms with Gasteiger partial charge >= 0.3 is 0 Å². The molecular weight excluding hydrogens is 460 g/mol. The first kappa shape index (κ1) is 21.1. The number of aromatic amines is 1. The lowest BCUT2D eigenvalue weighted by Gasteiger charge is -2.34. The normalized spacial score (nSPS) is 14.0. The number of aryl methyl sites for hydroxylation is 1. The molecule has 0 aliphatic carbocycles. The Kier molecular flexibility index (Phi) is 5.82. The van der Waals surface area contributed by atoms with E-state index in [4.69, 9.17) is 0 Å². The molecule has 0 unspecified atom stereocenters. The topological polar surface area (TPSA) is 78.4 Å². The molecule has 0 saturated carbocycles. The third-order valence-electron chi connectivity index (χ3n) is 5.63. The molecule has 1 N–H and O–H groups in total. The average Bonchev–Trinajstić information content (AvgIpc) is 3.08. The molecule has 0 radical (unpaired) electrons. The van der Waals surface area contributed by atoms with Gasteiger partial charge in [0.1, 0.15) is 0 Å². The fourth-order valence-electron chi connectivity index (χ4n) is 3.98. The molecule has 3 heterocycles. The summed E-state index contributed by atoms with van der Waals surface area (Å²) in [5.41, 5.74) is 3.78. The Morgan fingerprint density at radius 3 is 2.10 bits per heavy atom. The Morgan fingerprint density at radius 2 is 1.52 bits per heavy atom. The number of hydrogen-bond acceptors (Lipinski definition) is 3. The molecule has 4 rings (SSSR count). The lowest BCUT2D eigenvalue weighted by Crippen LogP contribution is -2.50. The van der Waals surface area contributed by atoms with Crippen molar-refractivity contribution in [2.75, 3.05) is 26.2 Å². The van der Waals surface area contributed by atoms with E-state index in [1.165, 1.54) is 18.3 Å². The number of aromatic nitrogens is 2. The van der Waals surface area contributed by atoms with Gasteiger partial charge < -0.3 is 19.4 Å². The van der Waals surface area contributed by atoms with Crippen LogP contribution in [0.5, 0.6) is 0 Å². The summed E-state index contributed by atoms with van der Waals surface area (Å²) in [4.78, 5) is 43.1. The zero-order valence-electron chi connectivity index (χ0n) is 17.4.